The first-order valence-corrected chi connectivity index (χ1v) is 9.16. The van der Waals surface area contributed by atoms with Crippen LogP contribution in [0.4, 0.5) is 26.3 Å². The Kier molecular flexibility index (Phi) is 6.11. The molecule has 1 aliphatic rings. The summed E-state index contributed by atoms with van der Waals surface area (Å²) in [6.07, 6.45) is -10.8. The van der Waals surface area contributed by atoms with Gasteiger partial charge in [0.15, 0.2) is 0 Å². The fourth-order valence-corrected chi connectivity index (χ4v) is 3.87. The third-order valence-electron chi connectivity index (χ3n) is 5.31. The molecule has 1 aliphatic heterocycles. The fourth-order valence-electron chi connectivity index (χ4n) is 3.87. The van der Waals surface area contributed by atoms with Crippen LogP contribution in [-0.2, 0) is 12.6 Å². The van der Waals surface area contributed by atoms with Gasteiger partial charge in [-0.3, -0.25) is 0 Å². The summed E-state index contributed by atoms with van der Waals surface area (Å²) in [5, 5.41) is 21.7. The molecule has 1 heterocycles. The lowest BCUT2D eigenvalue weighted by Gasteiger charge is -2.24. The quantitative estimate of drug-likeness (QED) is 0.703. The van der Waals surface area contributed by atoms with E-state index in [0.717, 1.165) is 17.7 Å². The van der Waals surface area contributed by atoms with Gasteiger partial charge in [-0.1, -0.05) is 36.4 Å². The van der Waals surface area contributed by atoms with Crippen LogP contribution < -0.4 is 5.32 Å². The van der Waals surface area contributed by atoms with E-state index in [-0.39, 0.29) is 18.4 Å². The summed E-state index contributed by atoms with van der Waals surface area (Å²) in [7, 11) is 0. The molecule has 0 aromatic heterocycles. The number of hydrogen-bond acceptors (Lipinski definition) is 3. The zero-order chi connectivity index (χ0) is 22.1. The molecule has 160 valence electrons. The number of nitriles is 1. The molecule has 1 fully saturated rings. The van der Waals surface area contributed by atoms with Crippen LogP contribution in [0.5, 0.6) is 0 Å². The van der Waals surface area contributed by atoms with Crippen LogP contribution in [0.25, 0.3) is 0 Å². The van der Waals surface area contributed by atoms with E-state index >= 15 is 0 Å². The molecular weight excluding hydrogens is 410 g/mol. The second kappa shape index (κ2) is 8.28. The number of nitrogens with one attached hydrogen (secondary N) is 1. The van der Waals surface area contributed by atoms with Crippen molar-refractivity contribution < 1.29 is 31.4 Å². The molecule has 30 heavy (non-hydrogen) atoms. The van der Waals surface area contributed by atoms with E-state index in [1.807, 2.05) is 0 Å². The highest BCUT2D eigenvalue weighted by Crippen LogP contribution is 2.42. The largest absolute Gasteiger partial charge is 0.417 e. The van der Waals surface area contributed by atoms with E-state index in [2.05, 4.69) is 5.32 Å². The van der Waals surface area contributed by atoms with Gasteiger partial charge in [0.1, 0.15) is 6.04 Å². The van der Waals surface area contributed by atoms with Crippen LogP contribution in [0, 0.1) is 11.3 Å². The summed E-state index contributed by atoms with van der Waals surface area (Å²) in [4.78, 5) is 0. The maximum atomic E-state index is 13.6. The van der Waals surface area contributed by atoms with Crippen molar-refractivity contribution in [2.24, 2.45) is 0 Å². The Hall–Kier alpha value is -2.57. The highest BCUT2D eigenvalue weighted by atomic mass is 19.4. The summed E-state index contributed by atoms with van der Waals surface area (Å²) >= 11 is 0. The third-order valence-corrected chi connectivity index (χ3v) is 5.31. The number of aliphatic hydroxyl groups excluding tert-OH is 1. The lowest BCUT2D eigenvalue weighted by Crippen LogP contribution is -2.46. The van der Waals surface area contributed by atoms with Gasteiger partial charge in [-0.25, -0.2) is 0 Å². The zero-order valence-corrected chi connectivity index (χ0v) is 15.5. The molecule has 2 N–H and O–H groups in total. The van der Waals surface area contributed by atoms with Gasteiger partial charge in [0.25, 0.3) is 0 Å². The van der Waals surface area contributed by atoms with Crippen molar-refractivity contribution in [1.82, 2.24) is 5.32 Å². The van der Waals surface area contributed by atoms with E-state index in [9.17, 15) is 31.4 Å². The van der Waals surface area contributed by atoms with E-state index in [1.54, 1.807) is 30.3 Å². The normalized spacial score (nSPS) is 23.2. The Morgan fingerprint density at radius 2 is 1.73 bits per heavy atom. The fraction of sp³-hybridized carbons (Fsp3) is 0.381. The van der Waals surface area contributed by atoms with Gasteiger partial charge in [-0.2, -0.15) is 31.6 Å². The topological polar surface area (TPSA) is 56.0 Å². The molecule has 3 nitrogen and oxygen atoms in total. The van der Waals surface area contributed by atoms with Gasteiger partial charge < -0.3 is 10.4 Å². The van der Waals surface area contributed by atoms with Gasteiger partial charge in [-0.15, -0.1) is 0 Å². The Bertz CT molecular complexity index is 920. The highest BCUT2D eigenvalue weighted by Gasteiger charge is 2.52. The molecule has 9 heteroatoms. The first kappa shape index (κ1) is 22.1. The molecule has 2 aromatic rings. The first-order valence-electron chi connectivity index (χ1n) is 9.16. The molecular formula is C21H18F6N2O. The monoisotopic (exact) mass is 428 g/mol. The van der Waals surface area contributed by atoms with Crippen molar-refractivity contribution >= 4 is 0 Å². The van der Waals surface area contributed by atoms with Gasteiger partial charge >= 0.3 is 12.4 Å². The molecule has 3 rings (SSSR count). The average molecular weight is 428 g/mol. The second-order valence-corrected chi connectivity index (χ2v) is 7.31. The first-order chi connectivity index (χ1) is 14.0. The summed E-state index contributed by atoms with van der Waals surface area (Å²) < 4.78 is 80.6. The number of alkyl halides is 6. The van der Waals surface area contributed by atoms with Crippen molar-refractivity contribution in [2.75, 3.05) is 0 Å². The Balaban J connectivity index is 1.90. The van der Waals surface area contributed by atoms with E-state index < -0.39 is 47.6 Å². The standard InChI is InChI=1S/C21H18F6N2O/c22-20(23,24)16-9-13(6-7-14(16)11-28)15-10-17(29-19(15)21(25,26)27)18(30)8-12-4-2-1-3-5-12/h1-7,9,15,17-19,29-30H,8,10H2/t15?,17-,18?,19+/m0/s1. The zero-order valence-electron chi connectivity index (χ0n) is 15.5. The third kappa shape index (κ3) is 4.77. The summed E-state index contributed by atoms with van der Waals surface area (Å²) in [5.74, 6) is -1.32. The van der Waals surface area contributed by atoms with Gasteiger partial charge in [0.05, 0.1) is 23.3 Å². The number of rotatable bonds is 4. The number of hydrogen-bond donors (Lipinski definition) is 2. The lowest BCUT2D eigenvalue weighted by atomic mass is 9.87. The van der Waals surface area contributed by atoms with Crippen molar-refractivity contribution in [1.29, 1.82) is 5.26 Å². The van der Waals surface area contributed by atoms with E-state index in [1.165, 1.54) is 6.07 Å². The van der Waals surface area contributed by atoms with E-state index in [4.69, 9.17) is 5.26 Å². The van der Waals surface area contributed by atoms with Crippen LogP contribution >= 0.6 is 0 Å². The molecule has 2 unspecified atom stereocenters. The van der Waals surface area contributed by atoms with Crippen LogP contribution in [-0.4, -0.2) is 29.5 Å². The smallest absolute Gasteiger partial charge is 0.391 e. The molecule has 4 atom stereocenters. The van der Waals surface area contributed by atoms with Crippen molar-refractivity contribution in [3.05, 3.63) is 70.8 Å². The highest BCUT2D eigenvalue weighted by molar-refractivity contribution is 5.43. The van der Waals surface area contributed by atoms with E-state index in [0.29, 0.717) is 6.07 Å². The molecule has 0 amide bonds. The van der Waals surface area contributed by atoms with Gasteiger partial charge in [0.2, 0.25) is 0 Å². The molecule has 0 bridgehead atoms. The van der Waals surface area contributed by atoms with Gasteiger partial charge in [-0.05, 0) is 36.1 Å². The Labute approximate surface area is 168 Å². The molecule has 0 aliphatic carbocycles. The SMILES string of the molecule is N#Cc1ccc(C2C[C@@H](C(O)Cc3ccccc3)N[C@H]2C(F)(F)F)cc1C(F)(F)F. The van der Waals surface area contributed by atoms with Crippen molar-refractivity contribution in [3.8, 4) is 6.07 Å². The molecule has 0 saturated carbocycles. The maximum absolute atomic E-state index is 13.6. The van der Waals surface area contributed by atoms with Crippen LogP contribution in [0.15, 0.2) is 48.5 Å². The van der Waals surface area contributed by atoms with Crippen LogP contribution in [0.2, 0.25) is 0 Å². The summed E-state index contributed by atoms with van der Waals surface area (Å²) in [6, 6.07) is 9.67. The second-order valence-electron chi connectivity index (χ2n) is 7.31. The number of halogens is 6. The number of benzene rings is 2. The molecule has 2 aromatic carbocycles. The lowest BCUT2D eigenvalue weighted by molar-refractivity contribution is -0.156. The maximum Gasteiger partial charge on any atom is 0.417 e. The summed E-state index contributed by atoms with van der Waals surface area (Å²) in [5.41, 5.74) is -1.36. The van der Waals surface area contributed by atoms with Crippen molar-refractivity contribution in [3.63, 3.8) is 0 Å². The number of aliphatic hydroxyl groups is 1. The molecule has 1 saturated heterocycles. The molecule has 0 radical (unpaired) electrons. The Morgan fingerprint density at radius 1 is 1.07 bits per heavy atom. The predicted octanol–water partition coefficient (Wildman–Crippen LogP) is 4.56. The molecule has 0 spiro atoms. The Morgan fingerprint density at radius 3 is 2.30 bits per heavy atom. The van der Waals surface area contributed by atoms with Crippen molar-refractivity contribution in [2.45, 2.75) is 49.3 Å². The number of nitrogens with zero attached hydrogens (tertiary/aromatic N) is 1. The minimum Gasteiger partial charge on any atom is -0.391 e. The minimum absolute atomic E-state index is 0.108. The van der Waals surface area contributed by atoms with Gasteiger partial charge in [0, 0.05) is 12.0 Å². The van der Waals surface area contributed by atoms with Crippen LogP contribution in [0.3, 0.4) is 0 Å². The predicted molar refractivity (Wildman–Crippen MR) is 96.4 cm³/mol. The minimum atomic E-state index is -4.87. The average Bonchev–Trinajstić information content (AvgIpc) is 3.14. The summed E-state index contributed by atoms with van der Waals surface area (Å²) in [6.45, 7) is 0. The van der Waals surface area contributed by atoms with Crippen LogP contribution in [0.1, 0.15) is 34.6 Å².